The molecule has 0 aromatic heterocycles. The molecule has 0 saturated carbocycles. The van der Waals surface area contributed by atoms with Gasteiger partial charge >= 0.3 is 0 Å². The van der Waals surface area contributed by atoms with Crippen LogP contribution in [0.25, 0.3) is 60.5 Å². The molecule has 0 nitrogen and oxygen atoms in total. The SMILES string of the molecule is C1=CC2=C(CC1)C1(c3ccccc32)c2cc(-c3cccc4c3Sc3cccc5cccc-4c35)ccc2-c2c1ccc1ccccc21. The van der Waals surface area contributed by atoms with E-state index in [9.17, 15) is 0 Å². The Morgan fingerprint density at radius 3 is 2.30 bits per heavy atom. The van der Waals surface area contributed by atoms with Crippen molar-refractivity contribution in [2.45, 2.75) is 28.0 Å². The van der Waals surface area contributed by atoms with Crippen molar-refractivity contribution in [3.05, 3.63) is 173 Å². The predicted octanol–water partition coefficient (Wildman–Crippen LogP) is 12.2. The minimum Gasteiger partial charge on any atom is -0.0881 e. The van der Waals surface area contributed by atoms with Crippen LogP contribution in [0.3, 0.4) is 0 Å². The van der Waals surface area contributed by atoms with Crippen LogP contribution in [0.5, 0.6) is 0 Å². The summed E-state index contributed by atoms with van der Waals surface area (Å²) < 4.78 is 0. The van der Waals surface area contributed by atoms with E-state index in [0.717, 1.165) is 12.8 Å². The van der Waals surface area contributed by atoms with Gasteiger partial charge in [-0.1, -0.05) is 145 Å². The van der Waals surface area contributed by atoms with Gasteiger partial charge in [-0.05, 0) is 108 Å². The molecule has 1 spiro atoms. The van der Waals surface area contributed by atoms with Gasteiger partial charge in [-0.3, -0.25) is 0 Å². The summed E-state index contributed by atoms with van der Waals surface area (Å²) in [5, 5.41) is 5.34. The Morgan fingerprint density at radius 1 is 0.543 bits per heavy atom. The molecule has 214 valence electrons. The number of hydrogen-bond donors (Lipinski definition) is 0. The highest BCUT2D eigenvalue weighted by molar-refractivity contribution is 8.00. The first kappa shape index (κ1) is 25.1. The van der Waals surface area contributed by atoms with Crippen LogP contribution in [0.1, 0.15) is 35.1 Å². The summed E-state index contributed by atoms with van der Waals surface area (Å²) in [5.74, 6) is 0. The molecular formula is C45H28S. The van der Waals surface area contributed by atoms with E-state index in [4.69, 9.17) is 0 Å². The van der Waals surface area contributed by atoms with Gasteiger partial charge < -0.3 is 0 Å². The Morgan fingerprint density at radius 2 is 1.33 bits per heavy atom. The number of fused-ring (bicyclic) bond motifs is 13. The van der Waals surface area contributed by atoms with E-state index >= 15 is 0 Å². The number of allylic oxidation sites excluding steroid dienone is 4. The van der Waals surface area contributed by atoms with Gasteiger partial charge in [-0.25, -0.2) is 0 Å². The fraction of sp³-hybridized carbons (Fsp3) is 0.0667. The van der Waals surface area contributed by atoms with Gasteiger partial charge in [0.25, 0.3) is 0 Å². The van der Waals surface area contributed by atoms with Gasteiger partial charge in [0.2, 0.25) is 0 Å². The molecule has 11 rings (SSSR count). The molecule has 0 radical (unpaired) electrons. The number of benzene rings is 7. The third kappa shape index (κ3) is 3.02. The molecule has 0 N–H and O–H groups in total. The van der Waals surface area contributed by atoms with E-state index in [-0.39, 0.29) is 5.41 Å². The lowest BCUT2D eigenvalue weighted by Crippen LogP contribution is -2.27. The molecule has 0 fully saturated rings. The Bertz CT molecular complexity index is 2560. The monoisotopic (exact) mass is 600 g/mol. The predicted molar refractivity (Wildman–Crippen MR) is 194 cm³/mol. The van der Waals surface area contributed by atoms with Gasteiger partial charge in [-0.2, -0.15) is 0 Å². The normalized spacial score (nSPS) is 18.1. The molecule has 1 aliphatic heterocycles. The van der Waals surface area contributed by atoms with Crippen LogP contribution in [0, 0.1) is 0 Å². The first-order valence-electron chi connectivity index (χ1n) is 16.3. The van der Waals surface area contributed by atoms with Crippen molar-refractivity contribution in [2.24, 2.45) is 0 Å². The van der Waals surface area contributed by atoms with Crippen LogP contribution in [-0.4, -0.2) is 0 Å². The third-order valence-electron chi connectivity index (χ3n) is 11.0. The molecule has 3 aliphatic carbocycles. The molecule has 1 atom stereocenters. The van der Waals surface area contributed by atoms with Crippen molar-refractivity contribution in [1.29, 1.82) is 0 Å². The Balaban J connectivity index is 1.22. The van der Waals surface area contributed by atoms with Crippen LogP contribution in [0.15, 0.2) is 161 Å². The fourth-order valence-electron chi connectivity index (χ4n) is 9.20. The molecule has 1 heteroatoms. The lowest BCUT2D eigenvalue weighted by atomic mass is 9.67. The summed E-state index contributed by atoms with van der Waals surface area (Å²) in [6.45, 7) is 0. The second-order valence-electron chi connectivity index (χ2n) is 13.0. The maximum atomic E-state index is 2.56. The summed E-state index contributed by atoms with van der Waals surface area (Å²) in [6, 6.07) is 50.7. The Kier molecular flexibility index (Phi) is 4.91. The van der Waals surface area contributed by atoms with Gasteiger partial charge in [-0.15, -0.1) is 0 Å². The standard InChI is InChI=1S/C45H28S/c1-2-13-30-27(10-1)23-25-39-43(30)36-24-22-29(26-40(36)45(39)37-19-5-3-14-32(37)33-15-4-6-20-38(33)45)31-16-9-18-35-34-17-7-11-28-12-8-21-41(42(28)34)46-44(31)35/h1-5,7-19,21-26H,6,20H2. The zero-order valence-corrected chi connectivity index (χ0v) is 26.0. The van der Waals surface area contributed by atoms with Gasteiger partial charge in [0, 0.05) is 15.2 Å². The van der Waals surface area contributed by atoms with E-state index < -0.39 is 0 Å². The molecule has 1 unspecified atom stereocenters. The van der Waals surface area contributed by atoms with Crippen molar-refractivity contribution in [1.82, 2.24) is 0 Å². The van der Waals surface area contributed by atoms with Crippen molar-refractivity contribution < 1.29 is 0 Å². The second-order valence-corrected chi connectivity index (χ2v) is 14.1. The summed E-state index contributed by atoms with van der Waals surface area (Å²) in [7, 11) is 0. The lowest BCUT2D eigenvalue weighted by Gasteiger charge is -2.34. The van der Waals surface area contributed by atoms with Crippen LogP contribution >= 0.6 is 11.8 Å². The average Bonchev–Trinajstić information content (AvgIpc) is 3.59. The Labute approximate surface area is 272 Å². The van der Waals surface area contributed by atoms with E-state index in [2.05, 4.69) is 146 Å². The maximum Gasteiger partial charge on any atom is 0.0689 e. The summed E-state index contributed by atoms with van der Waals surface area (Å²) >= 11 is 1.93. The number of rotatable bonds is 1. The van der Waals surface area contributed by atoms with E-state index in [1.807, 2.05) is 11.8 Å². The van der Waals surface area contributed by atoms with Crippen LogP contribution in [0.4, 0.5) is 0 Å². The zero-order valence-electron chi connectivity index (χ0n) is 25.2. The van der Waals surface area contributed by atoms with Crippen LogP contribution in [-0.2, 0) is 5.41 Å². The third-order valence-corrected chi connectivity index (χ3v) is 12.2. The van der Waals surface area contributed by atoms with Gasteiger partial charge in [0.15, 0.2) is 0 Å². The topological polar surface area (TPSA) is 0 Å². The van der Waals surface area contributed by atoms with Crippen molar-refractivity contribution in [3.8, 4) is 33.4 Å². The molecule has 46 heavy (non-hydrogen) atoms. The molecule has 4 aliphatic rings. The minimum atomic E-state index is -0.290. The zero-order chi connectivity index (χ0) is 30.0. The smallest absolute Gasteiger partial charge is 0.0689 e. The average molecular weight is 601 g/mol. The fourth-order valence-corrected chi connectivity index (χ4v) is 10.5. The van der Waals surface area contributed by atoms with Crippen LogP contribution in [0.2, 0.25) is 0 Å². The molecule has 0 amide bonds. The first-order valence-corrected chi connectivity index (χ1v) is 17.1. The van der Waals surface area contributed by atoms with Gasteiger partial charge in [0.1, 0.15) is 0 Å². The summed E-state index contributed by atoms with van der Waals surface area (Å²) in [5.41, 5.74) is 16.5. The highest BCUT2D eigenvalue weighted by Gasteiger charge is 2.53. The molecule has 7 aromatic rings. The molecule has 7 aromatic carbocycles. The number of hydrogen-bond acceptors (Lipinski definition) is 1. The molecule has 1 heterocycles. The van der Waals surface area contributed by atoms with Gasteiger partial charge in [0.05, 0.1) is 5.41 Å². The van der Waals surface area contributed by atoms with E-state index in [1.54, 1.807) is 5.57 Å². The second kappa shape index (κ2) is 9.00. The highest BCUT2D eigenvalue weighted by Crippen LogP contribution is 2.65. The summed E-state index contributed by atoms with van der Waals surface area (Å²) in [4.78, 5) is 2.70. The largest absolute Gasteiger partial charge is 0.0881 e. The van der Waals surface area contributed by atoms with Crippen LogP contribution < -0.4 is 0 Å². The van der Waals surface area contributed by atoms with Crippen molar-refractivity contribution >= 4 is 38.9 Å². The lowest BCUT2D eigenvalue weighted by molar-refractivity contribution is 0.714. The first-order chi connectivity index (χ1) is 22.8. The Hall–Kier alpha value is -5.11. The highest BCUT2D eigenvalue weighted by atomic mass is 32.2. The minimum absolute atomic E-state index is 0.290. The summed E-state index contributed by atoms with van der Waals surface area (Å²) in [6.07, 6.45) is 6.93. The molecule has 0 saturated heterocycles. The van der Waals surface area contributed by atoms with Crippen molar-refractivity contribution in [3.63, 3.8) is 0 Å². The van der Waals surface area contributed by atoms with Crippen molar-refractivity contribution in [2.75, 3.05) is 0 Å². The molecular weight excluding hydrogens is 573 g/mol. The maximum absolute atomic E-state index is 2.56. The molecule has 0 bridgehead atoms. The van der Waals surface area contributed by atoms with E-state index in [1.165, 1.54) is 92.5 Å². The van der Waals surface area contributed by atoms with E-state index in [0.29, 0.717) is 0 Å². The quantitative estimate of drug-likeness (QED) is 0.181.